The highest BCUT2D eigenvalue weighted by atomic mass is 79.9. The molecule has 0 saturated heterocycles. The van der Waals surface area contributed by atoms with Crippen molar-refractivity contribution in [1.82, 2.24) is 0 Å². The van der Waals surface area contributed by atoms with Crippen LogP contribution in [-0.2, 0) is 11.3 Å². The minimum atomic E-state index is -0.000262. The number of hydrogen-bond acceptors (Lipinski definition) is 3. The number of nitrogens with one attached hydrogen (secondary N) is 2. The molecular formula is C18H22BrN2O2S+. The number of anilines is 1. The van der Waals surface area contributed by atoms with Crippen LogP contribution in [0.15, 0.2) is 51.8 Å². The van der Waals surface area contributed by atoms with Crippen molar-refractivity contribution in [3.8, 4) is 5.75 Å². The van der Waals surface area contributed by atoms with Crippen LogP contribution in [0, 0.1) is 0 Å². The largest absolute Gasteiger partial charge is 0.496 e. The molecule has 128 valence electrons. The van der Waals surface area contributed by atoms with Gasteiger partial charge in [0.15, 0.2) is 6.54 Å². The Morgan fingerprint density at radius 3 is 2.79 bits per heavy atom. The minimum absolute atomic E-state index is 0.000262. The van der Waals surface area contributed by atoms with Crippen LogP contribution in [-0.4, -0.2) is 32.9 Å². The fourth-order valence-corrected chi connectivity index (χ4v) is 3.32. The Morgan fingerprint density at radius 2 is 2.08 bits per heavy atom. The number of carbonyl (C=O) groups is 1. The fraction of sp³-hybridized carbons (Fsp3) is 0.278. The van der Waals surface area contributed by atoms with Crippen molar-refractivity contribution in [2.24, 2.45) is 0 Å². The lowest BCUT2D eigenvalue weighted by Crippen LogP contribution is -3.08. The first-order valence-electron chi connectivity index (χ1n) is 7.59. The monoisotopic (exact) mass is 409 g/mol. The van der Waals surface area contributed by atoms with E-state index in [4.69, 9.17) is 4.74 Å². The Hall–Kier alpha value is -1.50. The van der Waals surface area contributed by atoms with Gasteiger partial charge in [0.05, 0.1) is 14.2 Å². The molecule has 1 unspecified atom stereocenters. The molecular weight excluding hydrogens is 388 g/mol. The lowest BCUT2D eigenvalue weighted by Gasteiger charge is -2.16. The van der Waals surface area contributed by atoms with E-state index < -0.39 is 0 Å². The molecule has 0 spiro atoms. The number of thioether (sulfide) groups is 1. The van der Waals surface area contributed by atoms with Gasteiger partial charge in [0, 0.05) is 20.6 Å². The summed E-state index contributed by atoms with van der Waals surface area (Å²) in [5, 5.41) is 2.96. The van der Waals surface area contributed by atoms with E-state index in [1.807, 2.05) is 55.8 Å². The molecule has 2 rings (SSSR count). The Morgan fingerprint density at radius 1 is 1.29 bits per heavy atom. The summed E-state index contributed by atoms with van der Waals surface area (Å²) in [6.07, 6.45) is 2.02. The van der Waals surface area contributed by atoms with Crippen LogP contribution in [0.25, 0.3) is 0 Å². The zero-order valence-electron chi connectivity index (χ0n) is 14.1. The van der Waals surface area contributed by atoms with E-state index in [0.717, 1.165) is 31.3 Å². The first-order chi connectivity index (χ1) is 11.5. The van der Waals surface area contributed by atoms with Crippen molar-refractivity contribution in [2.45, 2.75) is 11.4 Å². The van der Waals surface area contributed by atoms with Crippen molar-refractivity contribution in [3.05, 3.63) is 52.5 Å². The second kappa shape index (κ2) is 9.11. The summed E-state index contributed by atoms with van der Waals surface area (Å²) in [4.78, 5) is 14.5. The molecule has 0 heterocycles. The molecule has 0 bridgehead atoms. The topological polar surface area (TPSA) is 42.8 Å². The maximum absolute atomic E-state index is 12.3. The standard InChI is InChI=1S/C18H21BrN2O2S/c1-21(11-13-9-14(19)7-8-17(13)23-2)12-18(22)20-15-5-4-6-16(10-15)24-3/h4-10H,11-12H2,1-3H3,(H,20,22)/p+1. The molecule has 0 aromatic heterocycles. The number of benzene rings is 2. The summed E-state index contributed by atoms with van der Waals surface area (Å²) >= 11 is 5.13. The highest BCUT2D eigenvalue weighted by molar-refractivity contribution is 9.10. The van der Waals surface area contributed by atoms with Crippen LogP contribution in [0.2, 0.25) is 0 Å². The summed E-state index contributed by atoms with van der Waals surface area (Å²) in [7, 11) is 3.66. The predicted molar refractivity (Wildman–Crippen MR) is 103 cm³/mol. The molecule has 0 saturated carbocycles. The molecule has 0 aliphatic heterocycles. The second-order valence-corrected chi connectivity index (χ2v) is 7.34. The quantitative estimate of drug-likeness (QED) is 0.690. The number of ether oxygens (including phenoxy) is 1. The number of likely N-dealkylation sites (N-methyl/N-ethyl adjacent to an activating group) is 1. The van der Waals surface area contributed by atoms with Gasteiger partial charge < -0.3 is 15.0 Å². The summed E-state index contributed by atoms with van der Waals surface area (Å²) in [6, 6.07) is 13.8. The van der Waals surface area contributed by atoms with E-state index in [9.17, 15) is 4.79 Å². The van der Waals surface area contributed by atoms with Crippen LogP contribution in [0.4, 0.5) is 5.69 Å². The Balaban J connectivity index is 1.95. The Kier molecular flexibility index (Phi) is 7.15. The zero-order chi connectivity index (χ0) is 17.5. The molecule has 4 nitrogen and oxygen atoms in total. The molecule has 0 radical (unpaired) electrons. The summed E-state index contributed by atoms with van der Waals surface area (Å²) in [5.41, 5.74) is 1.90. The van der Waals surface area contributed by atoms with Gasteiger partial charge in [-0.25, -0.2) is 0 Å². The molecule has 2 N–H and O–H groups in total. The van der Waals surface area contributed by atoms with Crippen molar-refractivity contribution in [2.75, 3.05) is 32.3 Å². The van der Waals surface area contributed by atoms with E-state index in [1.165, 1.54) is 0 Å². The van der Waals surface area contributed by atoms with Gasteiger partial charge in [-0.2, -0.15) is 0 Å². The summed E-state index contributed by atoms with van der Waals surface area (Å²) in [6.45, 7) is 1.10. The molecule has 0 aliphatic carbocycles. The number of halogens is 1. The van der Waals surface area contributed by atoms with Gasteiger partial charge in [-0.05, 0) is 42.7 Å². The summed E-state index contributed by atoms with van der Waals surface area (Å²) < 4.78 is 6.39. The van der Waals surface area contributed by atoms with E-state index in [-0.39, 0.29) is 5.91 Å². The molecule has 2 aromatic rings. The molecule has 1 amide bonds. The minimum Gasteiger partial charge on any atom is -0.496 e. The fourth-order valence-electron chi connectivity index (χ4n) is 2.45. The number of carbonyl (C=O) groups excluding carboxylic acids is 1. The van der Waals surface area contributed by atoms with Crippen molar-refractivity contribution < 1.29 is 14.4 Å². The van der Waals surface area contributed by atoms with Gasteiger partial charge in [0.25, 0.3) is 5.91 Å². The van der Waals surface area contributed by atoms with Crippen LogP contribution < -0.4 is 15.0 Å². The molecule has 6 heteroatoms. The van der Waals surface area contributed by atoms with Crippen LogP contribution >= 0.6 is 27.7 Å². The molecule has 1 atom stereocenters. The van der Waals surface area contributed by atoms with Crippen molar-refractivity contribution >= 4 is 39.3 Å². The highest BCUT2D eigenvalue weighted by Crippen LogP contribution is 2.22. The molecule has 0 fully saturated rings. The van der Waals surface area contributed by atoms with E-state index in [2.05, 4.69) is 21.2 Å². The van der Waals surface area contributed by atoms with Crippen molar-refractivity contribution in [3.63, 3.8) is 0 Å². The third kappa shape index (κ3) is 5.54. The lowest BCUT2D eigenvalue weighted by molar-refractivity contribution is -0.885. The van der Waals surface area contributed by atoms with Crippen molar-refractivity contribution in [1.29, 1.82) is 0 Å². The van der Waals surface area contributed by atoms with Gasteiger partial charge in [-0.15, -0.1) is 11.8 Å². The van der Waals surface area contributed by atoms with E-state index in [1.54, 1.807) is 18.9 Å². The Bertz CT molecular complexity index is 709. The number of quaternary nitrogens is 1. The Labute approximate surface area is 155 Å². The molecule has 2 aromatic carbocycles. The molecule has 0 aliphatic rings. The predicted octanol–water partition coefficient (Wildman–Crippen LogP) is 2.83. The highest BCUT2D eigenvalue weighted by Gasteiger charge is 2.14. The smallest absolute Gasteiger partial charge is 0.279 e. The van der Waals surface area contributed by atoms with Crippen LogP contribution in [0.5, 0.6) is 5.75 Å². The number of hydrogen-bond donors (Lipinski definition) is 2. The lowest BCUT2D eigenvalue weighted by atomic mass is 10.2. The maximum Gasteiger partial charge on any atom is 0.279 e. The average molecular weight is 410 g/mol. The first kappa shape index (κ1) is 18.8. The average Bonchev–Trinajstić information content (AvgIpc) is 2.55. The van der Waals surface area contributed by atoms with Gasteiger partial charge in [-0.3, -0.25) is 4.79 Å². The van der Waals surface area contributed by atoms with E-state index in [0.29, 0.717) is 13.1 Å². The van der Waals surface area contributed by atoms with E-state index >= 15 is 0 Å². The third-order valence-electron chi connectivity index (χ3n) is 3.55. The second-order valence-electron chi connectivity index (χ2n) is 5.55. The summed E-state index contributed by atoms with van der Waals surface area (Å²) in [5.74, 6) is 0.838. The van der Waals surface area contributed by atoms with Gasteiger partial charge in [0.2, 0.25) is 0 Å². The van der Waals surface area contributed by atoms with Gasteiger partial charge in [0.1, 0.15) is 12.3 Å². The number of methoxy groups -OCH3 is 1. The third-order valence-corrected chi connectivity index (χ3v) is 4.77. The SMILES string of the molecule is COc1ccc(Br)cc1C[NH+](C)CC(=O)Nc1cccc(SC)c1. The first-order valence-corrected chi connectivity index (χ1v) is 9.61. The number of amides is 1. The zero-order valence-corrected chi connectivity index (χ0v) is 16.5. The van der Waals surface area contributed by atoms with Crippen LogP contribution in [0.3, 0.4) is 0 Å². The van der Waals surface area contributed by atoms with Gasteiger partial charge >= 0.3 is 0 Å². The van der Waals surface area contributed by atoms with Gasteiger partial charge in [-0.1, -0.05) is 22.0 Å². The normalized spacial score (nSPS) is 11.8. The maximum atomic E-state index is 12.3. The number of rotatable bonds is 7. The molecule has 24 heavy (non-hydrogen) atoms. The van der Waals surface area contributed by atoms with Crippen LogP contribution in [0.1, 0.15) is 5.56 Å².